The van der Waals surface area contributed by atoms with Crippen molar-refractivity contribution in [1.29, 1.82) is 0 Å². The minimum absolute atomic E-state index is 0.310. The van der Waals surface area contributed by atoms with Crippen LogP contribution in [0.15, 0.2) is 71.8 Å². The fourth-order valence-corrected chi connectivity index (χ4v) is 5.25. The van der Waals surface area contributed by atoms with Gasteiger partial charge in [-0.1, -0.05) is 48.9 Å². The van der Waals surface area contributed by atoms with Crippen molar-refractivity contribution in [3.8, 4) is 26.7 Å². The molecule has 2 heterocycles. The van der Waals surface area contributed by atoms with Crippen LogP contribution in [0.25, 0.3) is 26.7 Å². The number of hydrogen-bond acceptors (Lipinski definition) is 4. The second-order valence-corrected chi connectivity index (χ2v) is 10.2. The number of benzene rings is 2. The van der Waals surface area contributed by atoms with Crippen LogP contribution in [0.2, 0.25) is 5.02 Å². The molecule has 0 spiro atoms. The van der Waals surface area contributed by atoms with E-state index in [-0.39, 0.29) is 0 Å². The fraction of sp³-hybridized carbons (Fsp3) is 0.136. The minimum Gasteiger partial charge on any atom is -0.230 e. The van der Waals surface area contributed by atoms with Gasteiger partial charge in [-0.05, 0) is 47.9 Å². The molecular formula is C22H19ClN2O2S2. The monoisotopic (exact) mass is 442 g/mol. The summed E-state index contributed by atoms with van der Waals surface area (Å²) in [5.41, 5.74) is 3.89. The Kier molecular flexibility index (Phi) is 5.34. The fourth-order valence-electron chi connectivity index (χ4n) is 3.25. The average Bonchev–Trinajstić information content (AvgIpc) is 3.34. The Balaban J connectivity index is 1.80. The normalized spacial score (nSPS) is 11.7. The van der Waals surface area contributed by atoms with E-state index in [0.29, 0.717) is 9.92 Å². The predicted molar refractivity (Wildman–Crippen MR) is 120 cm³/mol. The molecule has 2 aromatic heterocycles. The van der Waals surface area contributed by atoms with Crippen LogP contribution in [-0.2, 0) is 16.3 Å². The van der Waals surface area contributed by atoms with Crippen molar-refractivity contribution >= 4 is 32.8 Å². The largest absolute Gasteiger partial charge is 0.230 e. The van der Waals surface area contributed by atoms with Gasteiger partial charge in [0, 0.05) is 11.1 Å². The van der Waals surface area contributed by atoms with Gasteiger partial charge in [0.15, 0.2) is 9.84 Å². The molecule has 0 atom stereocenters. The summed E-state index contributed by atoms with van der Waals surface area (Å²) in [6, 6.07) is 19.1. The van der Waals surface area contributed by atoms with Crippen molar-refractivity contribution in [3.63, 3.8) is 0 Å². The SMILES string of the molecule is CCc1ccccc1-n1ncc(Cl)c1-c1ccc(-c2cccc(S(C)(=O)=O)c2)s1. The lowest BCUT2D eigenvalue weighted by Crippen LogP contribution is -2.02. The molecule has 4 aromatic rings. The average molecular weight is 443 g/mol. The van der Waals surface area contributed by atoms with Crippen LogP contribution in [-0.4, -0.2) is 24.5 Å². The van der Waals surface area contributed by atoms with Gasteiger partial charge in [0.2, 0.25) is 0 Å². The van der Waals surface area contributed by atoms with E-state index in [0.717, 1.165) is 33.1 Å². The maximum absolute atomic E-state index is 11.9. The van der Waals surface area contributed by atoms with Gasteiger partial charge in [0.25, 0.3) is 0 Å². The van der Waals surface area contributed by atoms with Crippen LogP contribution in [0.4, 0.5) is 0 Å². The summed E-state index contributed by atoms with van der Waals surface area (Å²) >= 11 is 8.07. The number of sulfone groups is 1. The van der Waals surface area contributed by atoms with Gasteiger partial charge in [-0.25, -0.2) is 13.1 Å². The molecule has 4 nitrogen and oxygen atoms in total. The number of hydrogen-bond donors (Lipinski definition) is 0. The summed E-state index contributed by atoms with van der Waals surface area (Å²) in [6.07, 6.45) is 3.77. The molecule has 0 unspecified atom stereocenters. The van der Waals surface area contributed by atoms with E-state index in [2.05, 4.69) is 18.1 Å². The summed E-state index contributed by atoms with van der Waals surface area (Å²) in [7, 11) is -3.26. The Labute approximate surface area is 179 Å². The highest BCUT2D eigenvalue weighted by molar-refractivity contribution is 7.90. The van der Waals surface area contributed by atoms with Crippen molar-refractivity contribution in [2.75, 3.05) is 6.26 Å². The van der Waals surface area contributed by atoms with Crippen LogP contribution >= 0.6 is 22.9 Å². The molecule has 29 heavy (non-hydrogen) atoms. The van der Waals surface area contributed by atoms with E-state index in [4.69, 9.17) is 11.6 Å². The molecule has 0 saturated carbocycles. The Hall–Kier alpha value is -2.41. The molecular weight excluding hydrogens is 424 g/mol. The summed E-state index contributed by atoms with van der Waals surface area (Å²) in [5.74, 6) is 0. The molecule has 0 aliphatic heterocycles. The number of nitrogens with zero attached hydrogens (tertiary/aromatic N) is 2. The first-order chi connectivity index (χ1) is 13.9. The zero-order valence-corrected chi connectivity index (χ0v) is 18.4. The smallest absolute Gasteiger partial charge is 0.175 e. The first kappa shape index (κ1) is 19.9. The predicted octanol–water partition coefficient (Wildman–Crippen LogP) is 5.89. The van der Waals surface area contributed by atoms with E-state index < -0.39 is 9.84 Å². The molecule has 0 aliphatic rings. The summed E-state index contributed by atoms with van der Waals surface area (Å²) in [4.78, 5) is 2.25. The number of halogens is 1. The Morgan fingerprint density at radius 2 is 1.79 bits per heavy atom. The van der Waals surface area contributed by atoms with E-state index in [1.54, 1.807) is 35.7 Å². The molecule has 148 valence electrons. The van der Waals surface area contributed by atoms with Gasteiger partial charge < -0.3 is 0 Å². The van der Waals surface area contributed by atoms with Crippen LogP contribution in [0.3, 0.4) is 0 Å². The molecule has 0 radical (unpaired) electrons. The number of rotatable bonds is 5. The summed E-state index contributed by atoms with van der Waals surface area (Å²) < 4.78 is 25.7. The third-order valence-electron chi connectivity index (χ3n) is 4.71. The molecule has 0 N–H and O–H groups in total. The van der Waals surface area contributed by atoms with Gasteiger partial charge in [0.05, 0.1) is 26.7 Å². The minimum atomic E-state index is -3.26. The van der Waals surface area contributed by atoms with E-state index in [1.165, 1.54) is 11.8 Å². The third kappa shape index (κ3) is 3.88. The number of thiophene rings is 1. The highest BCUT2D eigenvalue weighted by Gasteiger charge is 2.18. The molecule has 0 amide bonds. The van der Waals surface area contributed by atoms with Gasteiger partial charge in [0.1, 0.15) is 5.69 Å². The van der Waals surface area contributed by atoms with Gasteiger partial charge in [-0.2, -0.15) is 5.10 Å². The zero-order valence-electron chi connectivity index (χ0n) is 16.0. The standard InChI is InChI=1S/C22H19ClN2O2S2/c1-3-15-7-4-5-10-19(15)25-22(18(23)14-24-25)21-12-11-20(28-21)16-8-6-9-17(13-16)29(2,26)27/h4-14H,3H2,1-2H3. The number of para-hydroxylation sites is 1. The van der Waals surface area contributed by atoms with Crippen LogP contribution in [0.1, 0.15) is 12.5 Å². The van der Waals surface area contributed by atoms with Crippen LogP contribution < -0.4 is 0 Å². The lowest BCUT2D eigenvalue weighted by molar-refractivity contribution is 0.602. The Bertz CT molecular complexity index is 1290. The molecule has 0 bridgehead atoms. The van der Waals surface area contributed by atoms with Gasteiger partial charge in [-0.3, -0.25) is 0 Å². The lowest BCUT2D eigenvalue weighted by atomic mass is 10.1. The summed E-state index contributed by atoms with van der Waals surface area (Å²) in [6.45, 7) is 2.11. The number of aryl methyl sites for hydroxylation is 1. The highest BCUT2D eigenvalue weighted by Crippen LogP contribution is 2.39. The molecule has 0 fully saturated rings. The van der Waals surface area contributed by atoms with Crippen molar-refractivity contribution < 1.29 is 8.42 Å². The maximum atomic E-state index is 11.9. The van der Waals surface area contributed by atoms with Crippen molar-refractivity contribution in [2.45, 2.75) is 18.2 Å². The van der Waals surface area contributed by atoms with E-state index in [9.17, 15) is 8.42 Å². The molecule has 0 aliphatic carbocycles. The molecule has 4 rings (SSSR count). The first-order valence-electron chi connectivity index (χ1n) is 9.11. The number of aromatic nitrogens is 2. The van der Waals surface area contributed by atoms with Crippen molar-refractivity contribution in [2.24, 2.45) is 0 Å². The second kappa shape index (κ2) is 7.78. The Morgan fingerprint density at radius 3 is 2.55 bits per heavy atom. The maximum Gasteiger partial charge on any atom is 0.175 e. The molecule has 0 saturated heterocycles. The van der Waals surface area contributed by atoms with Crippen LogP contribution in [0.5, 0.6) is 0 Å². The van der Waals surface area contributed by atoms with E-state index in [1.807, 2.05) is 41.1 Å². The molecule has 2 aromatic carbocycles. The van der Waals surface area contributed by atoms with Gasteiger partial charge in [-0.15, -0.1) is 11.3 Å². The highest BCUT2D eigenvalue weighted by atomic mass is 35.5. The topological polar surface area (TPSA) is 52.0 Å². The Morgan fingerprint density at radius 1 is 1.03 bits per heavy atom. The summed E-state index contributed by atoms with van der Waals surface area (Å²) in [5, 5.41) is 5.09. The van der Waals surface area contributed by atoms with Gasteiger partial charge >= 0.3 is 0 Å². The lowest BCUT2D eigenvalue weighted by Gasteiger charge is -2.11. The molecule has 7 heteroatoms. The second-order valence-electron chi connectivity index (χ2n) is 6.70. The first-order valence-corrected chi connectivity index (χ1v) is 12.2. The van der Waals surface area contributed by atoms with E-state index >= 15 is 0 Å². The zero-order chi connectivity index (χ0) is 20.6. The van der Waals surface area contributed by atoms with Crippen LogP contribution in [0, 0.1) is 0 Å². The van der Waals surface area contributed by atoms with Crippen molar-refractivity contribution in [1.82, 2.24) is 9.78 Å². The third-order valence-corrected chi connectivity index (χ3v) is 7.24. The quantitative estimate of drug-likeness (QED) is 0.387. The van der Waals surface area contributed by atoms with Crippen molar-refractivity contribution in [3.05, 3.63) is 77.4 Å².